The van der Waals surface area contributed by atoms with Gasteiger partial charge in [-0.3, -0.25) is 0 Å². The second-order valence-corrected chi connectivity index (χ2v) is 6.14. The molecule has 6 heteroatoms. The van der Waals surface area contributed by atoms with Crippen molar-refractivity contribution in [2.75, 3.05) is 13.7 Å². The molecule has 0 aromatic carbocycles. The summed E-state index contributed by atoms with van der Waals surface area (Å²) in [5.41, 5.74) is 0. The standard InChI is InChI=1S/C18H35NO5/c1-4-6-8-9-10-11-15(20)12-13-16(17(21)23-3)19-18(22)24-14-7-5-2/h15-16,20H,4-14H2,1-3H3,(H,19,22). The summed E-state index contributed by atoms with van der Waals surface area (Å²) in [6, 6.07) is -0.779. The summed E-state index contributed by atoms with van der Waals surface area (Å²) in [5, 5.41) is 12.5. The summed E-state index contributed by atoms with van der Waals surface area (Å²) in [6.45, 7) is 4.50. The van der Waals surface area contributed by atoms with Crippen molar-refractivity contribution in [3.8, 4) is 0 Å². The van der Waals surface area contributed by atoms with Gasteiger partial charge in [-0.15, -0.1) is 0 Å². The Morgan fingerprint density at radius 1 is 0.958 bits per heavy atom. The van der Waals surface area contributed by atoms with Gasteiger partial charge in [0.05, 0.1) is 19.8 Å². The number of amides is 1. The molecule has 2 atom stereocenters. The zero-order valence-corrected chi connectivity index (χ0v) is 15.5. The fraction of sp³-hybridized carbons (Fsp3) is 0.889. The van der Waals surface area contributed by atoms with Crippen LogP contribution in [0.25, 0.3) is 0 Å². The fourth-order valence-electron chi connectivity index (χ4n) is 2.37. The molecule has 0 aliphatic heterocycles. The molecule has 142 valence electrons. The second kappa shape index (κ2) is 15.2. The molecule has 0 aliphatic carbocycles. The summed E-state index contributed by atoms with van der Waals surface area (Å²) >= 11 is 0. The number of hydrogen-bond donors (Lipinski definition) is 2. The van der Waals surface area contributed by atoms with E-state index in [1.165, 1.54) is 26.4 Å². The van der Waals surface area contributed by atoms with Crippen molar-refractivity contribution in [2.24, 2.45) is 0 Å². The molecule has 24 heavy (non-hydrogen) atoms. The first kappa shape index (κ1) is 22.7. The van der Waals surface area contributed by atoms with E-state index in [0.717, 1.165) is 32.1 Å². The van der Waals surface area contributed by atoms with E-state index in [1.807, 2.05) is 6.92 Å². The van der Waals surface area contributed by atoms with Gasteiger partial charge in [0.1, 0.15) is 6.04 Å². The van der Waals surface area contributed by atoms with Crippen LogP contribution >= 0.6 is 0 Å². The van der Waals surface area contributed by atoms with Gasteiger partial charge in [-0.05, 0) is 25.7 Å². The zero-order valence-electron chi connectivity index (χ0n) is 15.5. The highest BCUT2D eigenvalue weighted by atomic mass is 16.6. The molecule has 0 radical (unpaired) electrons. The molecule has 2 N–H and O–H groups in total. The number of aliphatic hydroxyl groups is 1. The number of rotatable bonds is 14. The third kappa shape index (κ3) is 12.2. The van der Waals surface area contributed by atoms with E-state index in [1.54, 1.807) is 0 Å². The fourth-order valence-corrected chi connectivity index (χ4v) is 2.37. The van der Waals surface area contributed by atoms with E-state index >= 15 is 0 Å². The van der Waals surface area contributed by atoms with Gasteiger partial charge in [0.15, 0.2) is 0 Å². The first-order valence-corrected chi connectivity index (χ1v) is 9.24. The minimum absolute atomic E-state index is 0.330. The third-order valence-corrected chi connectivity index (χ3v) is 3.94. The maximum absolute atomic E-state index is 11.7. The number of aliphatic hydroxyl groups excluding tert-OH is 1. The highest BCUT2D eigenvalue weighted by Crippen LogP contribution is 2.12. The average molecular weight is 345 g/mol. The molecule has 0 saturated carbocycles. The lowest BCUT2D eigenvalue weighted by atomic mass is 10.0. The molecule has 1 amide bonds. The molecule has 0 saturated heterocycles. The highest BCUT2D eigenvalue weighted by molar-refractivity contribution is 5.81. The summed E-state index contributed by atoms with van der Waals surface area (Å²) in [4.78, 5) is 23.4. The average Bonchev–Trinajstić information content (AvgIpc) is 2.57. The molecule has 0 aliphatic rings. The van der Waals surface area contributed by atoms with Gasteiger partial charge >= 0.3 is 12.1 Å². The number of esters is 1. The topological polar surface area (TPSA) is 84.9 Å². The van der Waals surface area contributed by atoms with Crippen molar-refractivity contribution in [1.82, 2.24) is 5.32 Å². The Balaban J connectivity index is 4.09. The number of carbonyl (C=O) groups is 2. The van der Waals surface area contributed by atoms with Crippen LogP contribution in [0, 0.1) is 0 Å². The van der Waals surface area contributed by atoms with Crippen LogP contribution in [0.1, 0.15) is 78.1 Å². The van der Waals surface area contributed by atoms with Crippen molar-refractivity contribution in [2.45, 2.75) is 90.2 Å². The van der Waals surface area contributed by atoms with Crippen LogP contribution in [-0.4, -0.2) is 43.0 Å². The molecule has 2 unspecified atom stereocenters. The van der Waals surface area contributed by atoms with Gasteiger partial charge in [0, 0.05) is 0 Å². The van der Waals surface area contributed by atoms with E-state index in [-0.39, 0.29) is 0 Å². The molecule has 0 rings (SSSR count). The van der Waals surface area contributed by atoms with Crippen molar-refractivity contribution in [3.63, 3.8) is 0 Å². The predicted octanol–water partition coefficient (Wildman–Crippen LogP) is 3.56. The molecule has 0 spiro atoms. The number of hydrogen-bond acceptors (Lipinski definition) is 5. The maximum Gasteiger partial charge on any atom is 0.407 e. The van der Waals surface area contributed by atoms with Crippen LogP contribution in [0.4, 0.5) is 4.79 Å². The summed E-state index contributed by atoms with van der Waals surface area (Å²) < 4.78 is 9.70. The molecular formula is C18H35NO5. The lowest BCUT2D eigenvalue weighted by molar-refractivity contribution is -0.143. The normalized spacial score (nSPS) is 13.2. The van der Waals surface area contributed by atoms with Crippen molar-refractivity contribution < 1.29 is 24.2 Å². The smallest absolute Gasteiger partial charge is 0.407 e. The lowest BCUT2D eigenvalue weighted by Gasteiger charge is -2.18. The summed E-state index contributed by atoms with van der Waals surface area (Å²) in [7, 11) is 1.28. The number of nitrogens with one attached hydrogen (secondary N) is 1. The molecule has 0 aromatic heterocycles. The second-order valence-electron chi connectivity index (χ2n) is 6.14. The van der Waals surface area contributed by atoms with Crippen LogP contribution in [0.2, 0.25) is 0 Å². The number of alkyl carbamates (subject to hydrolysis) is 1. The minimum atomic E-state index is -0.779. The Morgan fingerprint density at radius 2 is 1.62 bits per heavy atom. The lowest BCUT2D eigenvalue weighted by Crippen LogP contribution is -2.42. The summed E-state index contributed by atoms with van der Waals surface area (Å²) in [6.07, 6.45) is 7.86. The van der Waals surface area contributed by atoms with Crippen molar-refractivity contribution in [3.05, 3.63) is 0 Å². The van der Waals surface area contributed by atoms with Crippen molar-refractivity contribution >= 4 is 12.1 Å². The minimum Gasteiger partial charge on any atom is -0.467 e. The molecular weight excluding hydrogens is 310 g/mol. The van der Waals surface area contributed by atoms with Gasteiger partial charge in [0.2, 0.25) is 0 Å². The zero-order chi connectivity index (χ0) is 18.2. The molecule has 6 nitrogen and oxygen atoms in total. The Bertz CT molecular complexity index is 335. The highest BCUT2D eigenvalue weighted by Gasteiger charge is 2.23. The van der Waals surface area contributed by atoms with Gasteiger partial charge < -0.3 is 19.9 Å². The Hall–Kier alpha value is -1.30. The molecule has 0 bridgehead atoms. The van der Waals surface area contributed by atoms with Gasteiger partial charge in [-0.2, -0.15) is 0 Å². The predicted molar refractivity (Wildman–Crippen MR) is 93.8 cm³/mol. The third-order valence-electron chi connectivity index (χ3n) is 3.94. The van der Waals surface area contributed by atoms with Gasteiger partial charge in [-0.1, -0.05) is 52.4 Å². The van der Waals surface area contributed by atoms with Crippen LogP contribution in [-0.2, 0) is 14.3 Å². The molecule has 0 aromatic rings. The maximum atomic E-state index is 11.7. The van der Waals surface area contributed by atoms with Crippen molar-refractivity contribution in [1.29, 1.82) is 0 Å². The summed E-state index contributed by atoms with van der Waals surface area (Å²) in [5.74, 6) is -0.516. The van der Waals surface area contributed by atoms with Gasteiger partial charge in [0.25, 0.3) is 0 Å². The first-order chi connectivity index (χ1) is 11.5. The van der Waals surface area contributed by atoms with E-state index in [2.05, 4.69) is 12.2 Å². The van der Waals surface area contributed by atoms with Gasteiger partial charge in [-0.25, -0.2) is 9.59 Å². The number of ether oxygens (including phenoxy) is 2. The largest absolute Gasteiger partial charge is 0.467 e. The molecule has 0 heterocycles. The molecule has 0 fully saturated rings. The quantitative estimate of drug-likeness (QED) is 0.371. The Labute approximate surface area is 146 Å². The van der Waals surface area contributed by atoms with Crippen LogP contribution in [0.3, 0.4) is 0 Å². The first-order valence-electron chi connectivity index (χ1n) is 9.24. The number of unbranched alkanes of at least 4 members (excludes halogenated alkanes) is 5. The van der Waals surface area contributed by atoms with E-state index < -0.39 is 24.2 Å². The SMILES string of the molecule is CCCCCCCC(O)CCC(NC(=O)OCCCC)C(=O)OC. The van der Waals surface area contributed by atoms with E-state index in [0.29, 0.717) is 19.4 Å². The monoisotopic (exact) mass is 345 g/mol. The Kier molecular flexibility index (Phi) is 14.4. The number of carbonyl (C=O) groups excluding carboxylic acids is 2. The van der Waals surface area contributed by atoms with Crippen LogP contribution < -0.4 is 5.32 Å². The Morgan fingerprint density at radius 3 is 2.25 bits per heavy atom. The van der Waals surface area contributed by atoms with Crippen LogP contribution in [0.5, 0.6) is 0 Å². The number of methoxy groups -OCH3 is 1. The van der Waals surface area contributed by atoms with E-state index in [9.17, 15) is 14.7 Å². The van der Waals surface area contributed by atoms with E-state index in [4.69, 9.17) is 9.47 Å². The van der Waals surface area contributed by atoms with Crippen LogP contribution in [0.15, 0.2) is 0 Å².